The summed E-state index contributed by atoms with van der Waals surface area (Å²) in [6.07, 6.45) is 3.58. The van der Waals surface area contributed by atoms with Crippen LogP contribution in [0.3, 0.4) is 0 Å². The number of nitro groups is 1. The first kappa shape index (κ1) is 13.8. The molecule has 1 atom stereocenters. The van der Waals surface area contributed by atoms with Gasteiger partial charge in [0.25, 0.3) is 5.69 Å². The third-order valence-corrected chi connectivity index (χ3v) is 3.60. The minimum atomic E-state index is -0.404. The van der Waals surface area contributed by atoms with Gasteiger partial charge in [-0.2, -0.15) is 0 Å². The molecule has 0 unspecified atom stereocenters. The minimum absolute atomic E-state index is 0.0956. The van der Waals surface area contributed by atoms with Crippen LogP contribution in [0, 0.1) is 10.1 Å². The first-order chi connectivity index (χ1) is 9.16. The van der Waals surface area contributed by atoms with Crippen LogP contribution >= 0.6 is 0 Å². The van der Waals surface area contributed by atoms with Crippen molar-refractivity contribution in [2.45, 2.75) is 32.2 Å². The maximum atomic E-state index is 10.5. The van der Waals surface area contributed by atoms with Crippen LogP contribution in [-0.4, -0.2) is 35.6 Å². The van der Waals surface area contributed by atoms with E-state index in [1.807, 2.05) is 0 Å². The highest BCUT2D eigenvalue weighted by molar-refractivity contribution is 5.35. The maximum absolute atomic E-state index is 10.5. The van der Waals surface area contributed by atoms with Gasteiger partial charge in [0, 0.05) is 24.7 Å². The number of ether oxygens (including phenoxy) is 1. The molecular formula is C14H20N2O3. The lowest BCUT2D eigenvalue weighted by molar-refractivity contribution is -0.384. The first-order valence-corrected chi connectivity index (χ1v) is 6.78. The van der Waals surface area contributed by atoms with Gasteiger partial charge in [0.15, 0.2) is 0 Å². The standard InChI is InChI=1S/C14H20N2O3/c1-12-4-2-9-15(12)10-3-11-19-14-7-5-13(6-8-14)16(17)18/h5-8,12H,2-4,9-11H2,1H3/t12-/m0/s1. The van der Waals surface area contributed by atoms with Crippen LogP contribution in [0.25, 0.3) is 0 Å². The molecule has 104 valence electrons. The Morgan fingerprint density at radius 2 is 2.16 bits per heavy atom. The van der Waals surface area contributed by atoms with Crippen molar-refractivity contribution in [3.63, 3.8) is 0 Å². The summed E-state index contributed by atoms with van der Waals surface area (Å²) in [7, 11) is 0. The van der Waals surface area contributed by atoms with E-state index in [-0.39, 0.29) is 5.69 Å². The van der Waals surface area contributed by atoms with Crippen LogP contribution in [0.4, 0.5) is 5.69 Å². The Morgan fingerprint density at radius 3 is 2.74 bits per heavy atom. The summed E-state index contributed by atoms with van der Waals surface area (Å²) in [4.78, 5) is 12.6. The number of likely N-dealkylation sites (tertiary alicyclic amines) is 1. The number of benzene rings is 1. The molecule has 1 saturated heterocycles. The molecule has 2 rings (SSSR count). The summed E-state index contributed by atoms with van der Waals surface area (Å²) in [5.41, 5.74) is 0.0956. The Bertz CT molecular complexity index is 419. The number of nitro benzene ring substituents is 1. The van der Waals surface area contributed by atoms with Gasteiger partial charge in [-0.25, -0.2) is 0 Å². The van der Waals surface area contributed by atoms with E-state index < -0.39 is 4.92 Å². The molecule has 0 N–H and O–H groups in total. The third kappa shape index (κ3) is 3.92. The summed E-state index contributed by atoms with van der Waals surface area (Å²) in [6, 6.07) is 6.93. The number of nitrogens with zero attached hydrogens (tertiary/aromatic N) is 2. The predicted octanol–water partition coefficient (Wildman–Crippen LogP) is 2.85. The van der Waals surface area contributed by atoms with Crippen molar-refractivity contribution in [3.05, 3.63) is 34.4 Å². The van der Waals surface area contributed by atoms with Crippen LogP contribution in [0.1, 0.15) is 26.2 Å². The number of non-ortho nitro benzene ring substituents is 1. The van der Waals surface area contributed by atoms with Gasteiger partial charge in [-0.05, 0) is 44.9 Å². The average Bonchev–Trinajstić information content (AvgIpc) is 2.81. The first-order valence-electron chi connectivity index (χ1n) is 6.78. The second kappa shape index (κ2) is 6.52. The molecular weight excluding hydrogens is 244 g/mol. The molecule has 5 nitrogen and oxygen atoms in total. The fraction of sp³-hybridized carbons (Fsp3) is 0.571. The summed E-state index contributed by atoms with van der Waals surface area (Å²) in [5.74, 6) is 0.695. The molecule has 0 saturated carbocycles. The molecule has 5 heteroatoms. The highest BCUT2D eigenvalue weighted by Crippen LogP contribution is 2.18. The molecule has 1 heterocycles. The largest absolute Gasteiger partial charge is 0.494 e. The molecule has 1 aromatic rings. The predicted molar refractivity (Wildman–Crippen MR) is 73.5 cm³/mol. The number of hydrogen-bond donors (Lipinski definition) is 0. The number of hydrogen-bond acceptors (Lipinski definition) is 4. The van der Waals surface area contributed by atoms with Crippen LogP contribution < -0.4 is 4.74 Å². The topological polar surface area (TPSA) is 55.6 Å². The highest BCUT2D eigenvalue weighted by atomic mass is 16.6. The Hall–Kier alpha value is -1.62. The summed E-state index contributed by atoms with van der Waals surface area (Å²) in [6.45, 7) is 5.18. The summed E-state index contributed by atoms with van der Waals surface area (Å²) < 4.78 is 5.59. The van der Waals surface area contributed by atoms with Gasteiger partial charge in [0.1, 0.15) is 5.75 Å². The number of rotatable bonds is 6. The highest BCUT2D eigenvalue weighted by Gasteiger charge is 2.18. The second-order valence-electron chi connectivity index (χ2n) is 4.98. The van der Waals surface area contributed by atoms with Gasteiger partial charge >= 0.3 is 0 Å². The van der Waals surface area contributed by atoms with Gasteiger partial charge in [-0.3, -0.25) is 10.1 Å². The fourth-order valence-corrected chi connectivity index (χ4v) is 2.45. The zero-order valence-electron chi connectivity index (χ0n) is 11.2. The SMILES string of the molecule is C[C@H]1CCCN1CCCOc1ccc([N+](=O)[O-])cc1. The molecule has 0 radical (unpaired) electrons. The molecule has 0 aliphatic carbocycles. The molecule has 1 aromatic carbocycles. The lowest BCUT2D eigenvalue weighted by Crippen LogP contribution is -2.28. The monoisotopic (exact) mass is 264 g/mol. The summed E-state index contributed by atoms with van der Waals surface area (Å²) in [5, 5.41) is 10.5. The maximum Gasteiger partial charge on any atom is 0.269 e. The molecule has 1 aliphatic heterocycles. The van der Waals surface area contributed by atoms with E-state index in [0.29, 0.717) is 18.4 Å². The quantitative estimate of drug-likeness (QED) is 0.450. The Labute approximate surface area is 113 Å². The van der Waals surface area contributed by atoms with E-state index in [4.69, 9.17) is 4.74 Å². The molecule has 0 aromatic heterocycles. The van der Waals surface area contributed by atoms with Gasteiger partial charge in [0.05, 0.1) is 11.5 Å². The van der Waals surface area contributed by atoms with Crippen molar-refractivity contribution in [1.29, 1.82) is 0 Å². The zero-order valence-corrected chi connectivity index (χ0v) is 11.2. The van der Waals surface area contributed by atoms with E-state index in [1.54, 1.807) is 12.1 Å². The summed E-state index contributed by atoms with van der Waals surface area (Å²) >= 11 is 0. The minimum Gasteiger partial charge on any atom is -0.494 e. The van der Waals surface area contributed by atoms with E-state index in [9.17, 15) is 10.1 Å². The van der Waals surface area contributed by atoms with Crippen molar-refractivity contribution < 1.29 is 9.66 Å². The molecule has 1 fully saturated rings. The van der Waals surface area contributed by atoms with Crippen LogP contribution in [0.2, 0.25) is 0 Å². The van der Waals surface area contributed by atoms with Crippen molar-refractivity contribution in [3.8, 4) is 5.75 Å². The normalized spacial score (nSPS) is 19.5. The molecule has 0 amide bonds. The Balaban J connectivity index is 1.69. The second-order valence-corrected chi connectivity index (χ2v) is 4.98. The average molecular weight is 264 g/mol. The van der Waals surface area contributed by atoms with Crippen molar-refractivity contribution in [2.24, 2.45) is 0 Å². The van der Waals surface area contributed by atoms with Crippen LogP contribution in [-0.2, 0) is 0 Å². The fourth-order valence-electron chi connectivity index (χ4n) is 2.45. The Kier molecular flexibility index (Phi) is 4.74. The molecule has 19 heavy (non-hydrogen) atoms. The van der Waals surface area contributed by atoms with E-state index in [2.05, 4.69) is 11.8 Å². The van der Waals surface area contributed by atoms with Gasteiger partial charge in [0.2, 0.25) is 0 Å². The van der Waals surface area contributed by atoms with Crippen LogP contribution in [0.5, 0.6) is 5.75 Å². The van der Waals surface area contributed by atoms with Crippen molar-refractivity contribution in [2.75, 3.05) is 19.7 Å². The van der Waals surface area contributed by atoms with Gasteiger partial charge in [-0.15, -0.1) is 0 Å². The molecule has 0 spiro atoms. The van der Waals surface area contributed by atoms with Crippen LogP contribution in [0.15, 0.2) is 24.3 Å². The van der Waals surface area contributed by atoms with E-state index >= 15 is 0 Å². The third-order valence-electron chi connectivity index (χ3n) is 3.60. The van der Waals surface area contributed by atoms with E-state index in [1.165, 1.54) is 31.5 Å². The zero-order chi connectivity index (χ0) is 13.7. The van der Waals surface area contributed by atoms with Gasteiger partial charge < -0.3 is 9.64 Å². The lowest BCUT2D eigenvalue weighted by atomic mass is 10.2. The molecule has 1 aliphatic rings. The lowest BCUT2D eigenvalue weighted by Gasteiger charge is -2.20. The van der Waals surface area contributed by atoms with E-state index in [0.717, 1.165) is 13.0 Å². The van der Waals surface area contributed by atoms with Crippen molar-refractivity contribution >= 4 is 5.69 Å². The van der Waals surface area contributed by atoms with Gasteiger partial charge in [-0.1, -0.05) is 0 Å². The smallest absolute Gasteiger partial charge is 0.269 e. The van der Waals surface area contributed by atoms with Crippen molar-refractivity contribution in [1.82, 2.24) is 4.90 Å². The Morgan fingerprint density at radius 1 is 1.42 bits per heavy atom. The molecule has 0 bridgehead atoms.